The van der Waals surface area contributed by atoms with Crippen molar-refractivity contribution in [3.05, 3.63) is 65.2 Å². The predicted molar refractivity (Wildman–Crippen MR) is 107 cm³/mol. The summed E-state index contributed by atoms with van der Waals surface area (Å²) in [5.41, 5.74) is 2.94. The molecule has 0 saturated carbocycles. The van der Waals surface area contributed by atoms with Crippen molar-refractivity contribution in [1.29, 1.82) is 0 Å². The van der Waals surface area contributed by atoms with Gasteiger partial charge in [0.05, 0.1) is 16.2 Å². The maximum absolute atomic E-state index is 12.6. The first-order valence-electron chi connectivity index (χ1n) is 9.33. The van der Waals surface area contributed by atoms with Crippen LogP contribution in [0.25, 0.3) is 0 Å². The summed E-state index contributed by atoms with van der Waals surface area (Å²) < 4.78 is 24.5. The second-order valence-corrected chi connectivity index (χ2v) is 9.19. The number of rotatable bonds is 6. The third-order valence-electron chi connectivity index (χ3n) is 5.19. The van der Waals surface area contributed by atoms with Gasteiger partial charge in [-0.15, -0.1) is 0 Å². The van der Waals surface area contributed by atoms with E-state index in [4.69, 9.17) is 0 Å². The monoisotopic (exact) mass is 386 g/mol. The highest BCUT2D eigenvalue weighted by Crippen LogP contribution is 2.20. The number of nitrogens with zero attached hydrogens (tertiary/aromatic N) is 1. The van der Waals surface area contributed by atoms with Crippen LogP contribution < -0.4 is 5.32 Å². The molecule has 0 fully saturated rings. The van der Waals surface area contributed by atoms with E-state index in [1.807, 2.05) is 0 Å². The van der Waals surface area contributed by atoms with E-state index in [1.165, 1.54) is 17.2 Å². The number of benzene rings is 2. The molecule has 2 aromatic carbocycles. The van der Waals surface area contributed by atoms with Crippen molar-refractivity contribution in [2.75, 3.05) is 18.8 Å². The van der Waals surface area contributed by atoms with Gasteiger partial charge in [-0.3, -0.25) is 9.69 Å². The zero-order valence-corrected chi connectivity index (χ0v) is 16.6. The van der Waals surface area contributed by atoms with Crippen LogP contribution in [-0.4, -0.2) is 44.1 Å². The highest BCUT2D eigenvalue weighted by atomic mass is 32.2. The van der Waals surface area contributed by atoms with Gasteiger partial charge >= 0.3 is 0 Å². The van der Waals surface area contributed by atoms with Crippen LogP contribution in [-0.2, 0) is 22.8 Å². The van der Waals surface area contributed by atoms with Gasteiger partial charge in [0.15, 0.2) is 9.84 Å². The molecule has 1 heterocycles. The highest BCUT2D eigenvalue weighted by Gasteiger charge is 2.23. The van der Waals surface area contributed by atoms with E-state index in [-0.39, 0.29) is 28.2 Å². The van der Waals surface area contributed by atoms with Gasteiger partial charge in [-0.2, -0.15) is 0 Å². The predicted octanol–water partition coefficient (Wildman–Crippen LogP) is 2.66. The normalized spacial score (nSPS) is 15.8. The lowest BCUT2D eigenvalue weighted by Crippen LogP contribution is -2.44. The van der Waals surface area contributed by atoms with Crippen LogP contribution in [0.15, 0.2) is 53.4 Å². The van der Waals surface area contributed by atoms with E-state index in [2.05, 4.69) is 41.4 Å². The lowest BCUT2D eigenvalue weighted by molar-refractivity contribution is 0.0929. The number of nitrogens with one attached hydrogen (secondary N) is 1. The molecule has 1 unspecified atom stereocenters. The molecule has 0 aliphatic carbocycles. The van der Waals surface area contributed by atoms with Gasteiger partial charge in [0, 0.05) is 25.7 Å². The molecular formula is C21H26N2O3S. The van der Waals surface area contributed by atoms with Crippen molar-refractivity contribution in [3.8, 4) is 0 Å². The van der Waals surface area contributed by atoms with Crippen LogP contribution in [0.4, 0.5) is 0 Å². The third kappa shape index (κ3) is 4.39. The molecule has 6 heteroatoms. The quantitative estimate of drug-likeness (QED) is 0.829. The summed E-state index contributed by atoms with van der Waals surface area (Å²) in [6.07, 6.45) is 1.01. The van der Waals surface area contributed by atoms with Gasteiger partial charge in [0.25, 0.3) is 5.91 Å². The Morgan fingerprint density at radius 1 is 1.11 bits per heavy atom. The Morgan fingerprint density at radius 3 is 2.52 bits per heavy atom. The summed E-state index contributed by atoms with van der Waals surface area (Å²) in [5.74, 6) is -0.368. The van der Waals surface area contributed by atoms with E-state index in [0.29, 0.717) is 6.54 Å². The first kappa shape index (κ1) is 19.6. The molecule has 3 rings (SSSR count). The van der Waals surface area contributed by atoms with Crippen molar-refractivity contribution in [3.63, 3.8) is 0 Å². The van der Waals surface area contributed by atoms with Crippen LogP contribution in [0.1, 0.15) is 35.3 Å². The van der Waals surface area contributed by atoms with Crippen LogP contribution in [0.5, 0.6) is 0 Å². The molecule has 1 N–H and O–H groups in total. The molecule has 0 aromatic heterocycles. The average molecular weight is 387 g/mol. The minimum atomic E-state index is -3.44. The van der Waals surface area contributed by atoms with Gasteiger partial charge in [0.1, 0.15) is 0 Å². The molecule has 1 atom stereocenters. The van der Waals surface area contributed by atoms with Crippen LogP contribution in [0, 0.1) is 0 Å². The fourth-order valence-electron chi connectivity index (χ4n) is 3.44. The molecule has 27 heavy (non-hydrogen) atoms. The molecule has 0 saturated heterocycles. The zero-order valence-electron chi connectivity index (χ0n) is 15.8. The standard InChI is InChI=1S/C21H26N2O3S/c1-3-27(25,26)20-11-7-6-10-19(20)21(24)22-14-16(2)23-13-12-17-8-4-5-9-18(17)15-23/h4-11,16H,3,12-15H2,1-2H3,(H,22,24). The van der Waals surface area contributed by atoms with Gasteiger partial charge in [-0.1, -0.05) is 43.3 Å². The summed E-state index contributed by atoms with van der Waals surface area (Å²) in [6, 6.07) is 15.0. The number of sulfone groups is 1. The smallest absolute Gasteiger partial charge is 0.252 e. The molecule has 0 spiro atoms. The average Bonchev–Trinajstić information content (AvgIpc) is 2.71. The van der Waals surface area contributed by atoms with Gasteiger partial charge in [0.2, 0.25) is 0 Å². The Kier molecular flexibility index (Phi) is 5.97. The van der Waals surface area contributed by atoms with Crippen LogP contribution in [0.3, 0.4) is 0 Å². The number of amides is 1. The van der Waals surface area contributed by atoms with E-state index in [0.717, 1.165) is 19.5 Å². The number of carbonyl (C=O) groups is 1. The first-order valence-corrected chi connectivity index (χ1v) is 11.0. The first-order chi connectivity index (χ1) is 12.9. The number of hydrogen-bond donors (Lipinski definition) is 1. The third-order valence-corrected chi connectivity index (χ3v) is 6.97. The molecule has 5 nitrogen and oxygen atoms in total. The Labute approximate surface area is 161 Å². The number of hydrogen-bond acceptors (Lipinski definition) is 4. The molecule has 144 valence electrons. The van der Waals surface area contributed by atoms with Crippen molar-refractivity contribution in [1.82, 2.24) is 10.2 Å². The molecule has 0 radical (unpaired) electrons. The maximum Gasteiger partial charge on any atom is 0.252 e. The van der Waals surface area contributed by atoms with E-state index < -0.39 is 9.84 Å². The Morgan fingerprint density at radius 2 is 1.78 bits per heavy atom. The van der Waals surface area contributed by atoms with Gasteiger partial charge in [-0.25, -0.2) is 8.42 Å². The van der Waals surface area contributed by atoms with Crippen molar-refractivity contribution >= 4 is 15.7 Å². The topological polar surface area (TPSA) is 66.5 Å². The maximum atomic E-state index is 12.6. The van der Waals surface area contributed by atoms with E-state index >= 15 is 0 Å². The van der Waals surface area contributed by atoms with Crippen LogP contribution >= 0.6 is 0 Å². The SMILES string of the molecule is CCS(=O)(=O)c1ccccc1C(=O)NCC(C)N1CCc2ccccc2C1. The van der Waals surface area contributed by atoms with Gasteiger partial charge < -0.3 is 5.32 Å². The zero-order chi connectivity index (χ0) is 19.4. The highest BCUT2D eigenvalue weighted by molar-refractivity contribution is 7.91. The largest absolute Gasteiger partial charge is 0.350 e. The summed E-state index contributed by atoms with van der Waals surface area (Å²) in [6.45, 7) is 5.97. The summed E-state index contributed by atoms with van der Waals surface area (Å²) in [4.78, 5) is 15.1. The van der Waals surface area contributed by atoms with Crippen LogP contribution in [0.2, 0.25) is 0 Å². The number of carbonyl (C=O) groups excluding carboxylic acids is 1. The van der Waals surface area contributed by atoms with Crippen molar-refractivity contribution < 1.29 is 13.2 Å². The van der Waals surface area contributed by atoms with Gasteiger partial charge in [-0.05, 0) is 36.6 Å². The lowest BCUT2D eigenvalue weighted by atomic mass is 9.99. The lowest BCUT2D eigenvalue weighted by Gasteiger charge is -2.33. The molecule has 1 amide bonds. The van der Waals surface area contributed by atoms with Crippen molar-refractivity contribution in [2.45, 2.75) is 37.8 Å². The Hall–Kier alpha value is -2.18. The minimum absolute atomic E-state index is 0.0269. The fraction of sp³-hybridized carbons (Fsp3) is 0.381. The summed E-state index contributed by atoms with van der Waals surface area (Å²) in [5, 5.41) is 2.91. The molecular weight excluding hydrogens is 360 g/mol. The molecule has 0 bridgehead atoms. The Bertz CT molecular complexity index is 925. The second-order valence-electron chi connectivity index (χ2n) is 6.95. The summed E-state index contributed by atoms with van der Waals surface area (Å²) in [7, 11) is -3.44. The van der Waals surface area contributed by atoms with Crippen molar-refractivity contribution in [2.24, 2.45) is 0 Å². The summed E-state index contributed by atoms with van der Waals surface area (Å²) >= 11 is 0. The van der Waals surface area contributed by atoms with E-state index in [9.17, 15) is 13.2 Å². The molecule has 1 aliphatic rings. The molecule has 2 aromatic rings. The minimum Gasteiger partial charge on any atom is -0.350 e. The van der Waals surface area contributed by atoms with E-state index in [1.54, 1.807) is 25.1 Å². The Balaban J connectivity index is 1.65. The molecule has 1 aliphatic heterocycles. The number of fused-ring (bicyclic) bond motifs is 1. The fourth-order valence-corrected chi connectivity index (χ4v) is 4.53. The second kappa shape index (κ2) is 8.23.